The maximum absolute atomic E-state index is 12.0. The molecule has 0 spiro atoms. The van der Waals surface area contributed by atoms with Crippen LogP contribution in [0.5, 0.6) is 0 Å². The van der Waals surface area contributed by atoms with Gasteiger partial charge in [0.2, 0.25) is 15.9 Å². The fraction of sp³-hybridized carbons (Fsp3) is 0.462. The second-order valence-electron chi connectivity index (χ2n) is 4.86. The molecule has 0 radical (unpaired) electrons. The summed E-state index contributed by atoms with van der Waals surface area (Å²) in [6.45, 7) is 1.16. The summed E-state index contributed by atoms with van der Waals surface area (Å²) in [6, 6.07) is 7.77. The maximum atomic E-state index is 12.0. The number of rotatable bonds is 5. The molecule has 1 aliphatic rings. The number of benzene rings is 1. The molecule has 7 heteroatoms. The van der Waals surface area contributed by atoms with E-state index in [-0.39, 0.29) is 25.0 Å². The van der Waals surface area contributed by atoms with Crippen LogP contribution in [0.4, 0.5) is 0 Å². The number of nitrogens with one attached hydrogen (secondary N) is 3. The molecule has 0 saturated carbocycles. The highest BCUT2D eigenvalue weighted by Crippen LogP contribution is 2.16. The lowest BCUT2D eigenvalue weighted by Crippen LogP contribution is -2.49. The Hall–Kier alpha value is -1.44. The van der Waals surface area contributed by atoms with Gasteiger partial charge < -0.3 is 10.6 Å². The third kappa shape index (κ3) is 4.29. The van der Waals surface area contributed by atoms with E-state index in [0.717, 1.165) is 6.26 Å². The van der Waals surface area contributed by atoms with Gasteiger partial charge in [0.1, 0.15) is 0 Å². The zero-order valence-electron chi connectivity index (χ0n) is 11.3. The molecule has 110 valence electrons. The minimum absolute atomic E-state index is 0.102. The molecule has 1 heterocycles. The van der Waals surface area contributed by atoms with Gasteiger partial charge in [-0.05, 0) is 17.5 Å². The van der Waals surface area contributed by atoms with Crippen molar-refractivity contribution in [3.05, 3.63) is 35.4 Å². The molecule has 0 fully saturated rings. The molecular formula is C13H19N3O3S. The zero-order chi connectivity index (χ0) is 14.6. The summed E-state index contributed by atoms with van der Waals surface area (Å²) in [7, 11) is -3.20. The van der Waals surface area contributed by atoms with Crippen LogP contribution in [-0.2, 0) is 27.8 Å². The summed E-state index contributed by atoms with van der Waals surface area (Å²) in [5.41, 5.74) is 2.40. The molecule has 1 amide bonds. The second kappa shape index (κ2) is 6.34. The lowest BCUT2D eigenvalue weighted by Gasteiger charge is -2.25. The minimum Gasteiger partial charge on any atom is -0.353 e. The first-order chi connectivity index (χ1) is 9.46. The lowest BCUT2D eigenvalue weighted by atomic mass is 9.95. The molecule has 0 unspecified atom stereocenters. The largest absolute Gasteiger partial charge is 0.353 e. The van der Waals surface area contributed by atoms with Crippen molar-refractivity contribution in [3.8, 4) is 0 Å². The van der Waals surface area contributed by atoms with Gasteiger partial charge in [0.15, 0.2) is 0 Å². The van der Waals surface area contributed by atoms with Crippen LogP contribution in [0.25, 0.3) is 0 Å². The molecule has 0 bridgehead atoms. The van der Waals surface area contributed by atoms with Gasteiger partial charge in [0.05, 0.1) is 12.3 Å². The average molecular weight is 297 g/mol. The highest BCUT2D eigenvalue weighted by atomic mass is 32.2. The molecule has 0 saturated heterocycles. The quantitative estimate of drug-likeness (QED) is 0.631. The third-order valence-electron chi connectivity index (χ3n) is 3.19. The molecule has 1 aliphatic heterocycles. The van der Waals surface area contributed by atoms with Crippen LogP contribution < -0.4 is 15.4 Å². The Morgan fingerprint density at radius 1 is 1.30 bits per heavy atom. The molecule has 1 atom stereocenters. The summed E-state index contributed by atoms with van der Waals surface area (Å²) in [4.78, 5) is 12.0. The number of sulfonamides is 1. The van der Waals surface area contributed by atoms with Crippen molar-refractivity contribution in [2.75, 3.05) is 19.3 Å². The van der Waals surface area contributed by atoms with E-state index in [2.05, 4.69) is 15.4 Å². The maximum Gasteiger partial charge on any atom is 0.237 e. The van der Waals surface area contributed by atoms with E-state index >= 15 is 0 Å². The van der Waals surface area contributed by atoms with Gasteiger partial charge in [-0.15, -0.1) is 0 Å². The first-order valence-electron chi connectivity index (χ1n) is 6.48. The first kappa shape index (κ1) is 15.0. The average Bonchev–Trinajstić information content (AvgIpc) is 2.42. The Bertz CT molecular complexity index is 586. The van der Waals surface area contributed by atoms with E-state index in [4.69, 9.17) is 0 Å². The molecule has 20 heavy (non-hydrogen) atoms. The normalized spacial score (nSPS) is 18.4. The lowest BCUT2D eigenvalue weighted by molar-refractivity contribution is -0.123. The third-order valence-corrected chi connectivity index (χ3v) is 3.91. The molecule has 0 aromatic heterocycles. The van der Waals surface area contributed by atoms with E-state index in [0.29, 0.717) is 13.0 Å². The Labute approximate surface area is 119 Å². The minimum atomic E-state index is -3.20. The van der Waals surface area contributed by atoms with Gasteiger partial charge in [-0.25, -0.2) is 13.1 Å². The monoisotopic (exact) mass is 297 g/mol. The molecule has 1 aromatic carbocycles. The highest BCUT2D eigenvalue weighted by Gasteiger charge is 2.23. The summed E-state index contributed by atoms with van der Waals surface area (Å²) >= 11 is 0. The van der Waals surface area contributed by atoms with Crippen molar-refractivity contribution in [3.63, 3.8) is 0 Å². The Morgan fingerprint density at radius 3 is 2.70 bits per heavy atom. The summed E-state index contributed by atoms with van der Waals surface area (Å²) in [5, 5.41) is 5.91. The molecular weight excluding hydrogens is 278 g/mol. The van der Waals surface area contributed by atoms with Crippen LogP contribution in [-0.4, -0.2) is 39.7 Å². The Kier molecular flexibility index (Phi) is 4.74. The number of hydrogen-bond acceptors (Lipinski definition) is 4. The van der Waals surface area contributed by atoms with Gasteiger partial charge in [-0.1, -0.05) is 24.3 Å². The van der Waals surface area contributed by atoms with E-state index < -0.39 is 10.0 Å². The summed E-state index contributed by atoms with van der Waals surface area (Å²) in [6.07, 6.45) is 1.75. The van der Waals surface area contributed by atoms with Crippen LogP contribution in [0.2, 0.25) is 0 Å². The molecule has 0 aliphatic carbocycles. The van der Waals surface area contributed by atoms with E-state index in [1.165, 1.54) is 11.1 Å². The summed E-state index contributed by atoms with van der Waals surface area (Å²) < 4.78 is 24.1. The number of hydrogen-bond donors (Lipinski definition) is 3. The van der Waals surface area contributed by atoms with Crippen molar-refractivity contribution in [2.24, 2.45) is 0 Å². The topological polar surface area (TPSA) is 87.3 Å². The van der Waals surface area contributed by atoms with Crippen LogP contribution >= 0.6 is 0 Å². The molecule has 6 nitrogen and oxygen atoms in total. The van der Waals surface area contributed by atoms with E-state index in [9.17, 15) is 13.2 Å². The van der Waals surface area contributed by atoms with E-state index in [1.807, 2.05) is 24.3 Å². The van der Waals surface area contributed by atoms with Crippen molar-refractivity contribution in [1.82, 2.24) is 15.4 Å². The van der Waals surface area contributed by atoms with Gasteiger partial charge in [-0.2, -0.15) is 0 Å². The van der Waals surface area contributed by atoms with Crippen LogP contribution in [0.3, 0.4) is 0 Å². The number of fused-ring (bicyclic) bond motifs is 1. The highest BCUT2D eigenvalue weighted by molar-refractivity contribution is 7.88. The van der Waals surface area contributed by atoms with Crippen molar-refractivity contribution in [1.29, 1.82) is 0 Å². The Morgan fingerprint density at radius 2 is 2.00 bits per heavy atom. The van der Waals surface area contributed by atoms with Gasteiger partial charge in [0.25, 0.3) is 0 Å². The SMILES string of the molecule is CS(=O)(=O)NCCNC(=O)[C@H]1Cc2ccccc2CN1. The van der Waals surface area contributed by atoms with Crippen molar-refractivity contribution >= 4 is 15.9 Å². The Balaban J connectivity index is 1.80. The number of carbonyl (C=O) groups excluding carboxylic acids is 1. The number of amides is 1. The fourth-order valence-electron chi connectivity index (χ4n) is 2.19. The zero-order valence-corrected chi connectivity index (χ0v) is 12.2. The number of carbonyl (C=O) groups is 1. The smallest absolute Gasteiger partial charge is 0.237 e. The molecule has 2 rings (SSSR count). The first-order valence-corrected chi connectivity index (χ1v) is 8.37. The predicted molar refractivity (Wildman–Crippen MR) is 76.6 cm³/mol. The van der Waals surface area contributed by atoms with Crippen LogP contribution in [0.1, 0.15) is 11.1 Å². The predicted octanol–water partition coefficient (Wildman–Crippen LogP) is -0.634. The molecule has 1 aromatic rings. The van der Waals surface area contributed by atoms with Crippen molar-refractivity contribution in [2.45, 2.75) is 19.0 Å². The van der Waals surface area contributed by atoms with Crippen molar-refractivity contribution < 1.29 is 13.2 Å². The van der Waals surface area contributed by atoms with Gasteiger partial charge in [0, 0.05) is 19.6 Å². The summed E-state index contributed by atoms with van der Waals surface area (Å²) in [5.74, 6) is -0.102. The van der Waals surface area contributed by atoms with Gasteiger partial charge >= 0.3 is 0 Å². The van der Waals surface area contributed by atoms with E-state index in [1.54, 1.807) is 0 Å². The standard InChI is InChI=1S/C13H19N3O3S/c1-20(18,19)16-7-6-14-13(17)12-8-10-4-2-3-5-11(10)9-15-12/h2-5,12,15-16H,6-9H2,1H3,(H,14,17)/t12-/m1/s1. The van der Waals surface area contributed by atoms with Crippen LogP contribution in [0, 0.1) is 0 Å². The second-order valence-corrected chi connectivity index (χ2v) is 6.70. The molecule has 3 N–H and O–H groups in total. The van der Waals surface area contributed by atoms with Crippen LogP contribution in [0.15, 0.2) is 24.3 Å². The van der Waals surface area contributed by atoms with Gasteiger partial charge in [-0.3, -0.25) is 4.79 Å². The fourth-order valence-corrected chi connectivity index (χ4v) is 2.66.